The van der Waals surface area contributed by atoms with Crippen LogP contribution < -0.4 is 19.9 Å². The Morgan fingerprint density at radius 2 is 1.60 bits per heavy atom. The number of hydrogen-bond acceptors (Lipinski definition) is 4. The average molecular weight is 273 g/mol. The molecule has 0 saturated heterocycles. The van der Waals surface area contributed by atoms with E-state index < -0.39 is 0 Å². The van der Waals surface area contributed by atoms with Crippen LogP contribution in [-0.2, 0) is 12.8 Å². The summed E-state index contributed by atoms with van der Waals surface area (Å²) in [5, 5.41) is 2.14. The Labute approximate surface area is 118 Å². The standard InChI is InChI=1S/C16H19NO3/c1-18-13-8-9-7-12(17)10-5-4-6-11(10)14(9)16(20-3)15(13)19-2/h7-8H,4-6,17H2,1-3H3. The Balaban J connectivity index is 2.45. The minimum atomic E-state index is 0.640. The van der Waals surface area contributed by atoms with Crippen molar-refractivity contribution in [1.82, 2.24) is 0 Å². The SMILES string of the molecule is COc1cc2cc(N)c3c(c2c(OC)c1OC)CCC3. The molecule has 2 aromatic carbocycles. The zero-order chi connectivity index (χ0) is 14.3. The second-order valence-corrected chi connectivity index (χ2v) is 5.02. The predicted molar refractivity (Wildman–Crippen MR) is 80.0 cm³/mol. The Kier molecular flexibility index (Phi) is 3.08. The van der Waals surface area contributed by atoms with Crippen molar-refractivity contribution in [1.29, 1.82) is 0 Å². The molecule has 0 saturated carbocycles. The quantitative estimate of drug-likeness (QED) is 0.874. The number of anilines is 1. The molecule has 0 amide bonds. The van der Waals surface area contributed by atoms with E-state index in [1.165, 1.54) is 11.1 Å². The molecule has 0 aromatic heterocycles. The number of fused-ring (bicyclic) bond motifs is 3. The molecule has 4 heteroatoms. The van der Waals surface area contributed by atoms with Gasteiger partial charge in [0.25, 0.3) is 0 Å². The maximum Gasteiger partial charge on any atom is 0.203 e. The van der Waals surface area contributed by atoms with Crippen molar-refractivity contribution in [2.24, 2.45) is 0 Å². The largest absolute Gasteiger partial charge is 0.493 e. The molecule has 1 aliphatic carbocycles. The molecule has 1 aliphatic rings. The lowest BCUT2D eigenvalue weighted by Gasteiger charge is -2.18. The Hall–Kier alpha value is -2.10. The first-order valence-electron chi connectivity index (χ1n) is 6.74. The second-order valence-electron chi connectivity index (χ2n) is 5.02. The highest BCUT2D eigenvalue weighted by atomic mass is 16.5. The Morgan fingerprint density at radius 3 is 2.25 bits per heavy atom. The van der Waals surface area contributed by atoms with Gasteiger partial charge in [-0.25, -0.2) is 0 Å². The van der Waals surface area contributed by atoms with Gasteiger partial charge in [-0.2, -0.15) is 0 Å². The van der Waals surface area contributed by atoms with Gasteiger partial charge in [-0.1, -0.05) is 0 Å². The van der Waals surface area contributed by atoms with Crippen LogP contribution in [0.5, 0.6) is 17.2 Å². The van der Waals surface area contributed by atoms with Crippen LogP contribution >= 0.6 is 0 Å². The van der Waals surface area contributed by atoms with Crippen molar-refractivity contribution in [2.45, 2.75) is 19.3 Å². The van der Waals surface area contributed by atoms with Gasteiger partial charge in [-0.15, -0.1) is 0 Å². The van der Waals surface area contributed by atoms with Crippen molar-refractivity contribution in [3.63, 3.8) is 0 Å². The fraction of sp³-hybridized carbons (Fsp3) is 0.375. The lowest BCUT2D eigenvalue weighted by atomic mass is 9.97. The van der Waals surface area contributed by atoms with Crippen LogP contribution in [-0.4, -0.2) is 21.3 Å². The van der Waals surface area contributed by atoms with Gasteiger partial charge in [0.1, 0.15) is 0 Å². The molecule has 3 rings (SSSR count). The van der Waals surface area contributed by atoms with E-state index in [0.29, 0.717) is 11.5 Å². The number of benzene rings is 2. The van der Waals surface area contributed by atoms with Gasteiger partial charge < -0.3 is 19.9 Å². The molecule has 0 spiro atoms. The van der Waals surface area contributed by atoms with Crippen LogP contribution in [0, 0.1) is 0 Å². The van der Waals surface area contributed by atoms with Gasteiger partial charge in [0.2, 0.25) is 5.75 Å². The number of nitrogens with two attached hydrogens (primary N) is 1. The first-order valence-corrected chi connectivity index (χ1v) is 6.74. The van der Waals surface area contributed by atoms with Gasteiger partial charge in [-0.05, 0) is 47.9 Å². The minimum Gasteiger partial charge on any atom is -0.493 e. The van der Waals surface area contributed by atoms with Crippen LogP contribution in [0.15, 0.2) is 12.1 Å². The van der Waals surface area contributed by atoms with E-state index in [9.17, 15) is 0 Å². The molecular weight excluding hydrogens is 254 g/mol. The number of aryl methyl sites for hydroxylation is 1. The highest BCUT2D eigenvalue weighted by Crippen LogP contribution is 2.47. The van der Waals surface area contributed by atoms with Crippen molar-refractivity contribution in [2.75, 3.05) is 27.1 Å². The summed E-state index contributed by atoms with van der Waals surface area (Å²) in [5.41, 5.74) is 9.58. The Morgan fingerprint density at radius 1 is 0.900 bits per heavy atom. The summed E-state index contributed by atoms with van der Waals surface area (Å²) in [6, 6.07) is 3.97. The molecule has 0 heterocycles. The number of methoxy groups -OCH3 is 3. The highest BCUT2D eigenvalue weighted by molar-refractivity contribution is 5.99. The van der Waals surface area contributed by atoms with Gasteiger partial charge in [0, 0.05) is 11.1 Å². The first-order chi connectivity index (χ1) is 9.71. The normalized spacial score (nSPS) is 13.3. The van der Waals surface area contributed by atoms with Crippen molar-refractivity contribution >= 4 is 16.5 Å². The number of hydrogen-bond donors (Lipinski definition) is 1. The van der Waals surface area contributed by atoms with Crippen LogP contribution in [0.4, 0.5) is 5.69 Å². The minimum absolute atomic E-state index is 0.640. The average Bonchev–Trinajstić information content (AvgIpc) is 2.95. The van der Waals surface area contributed by atoms with Crippen LogP contribution in [0.3, 0.4) is 0 Å². The van der Waals surface area contributed by atoms with Gasteiger partial charge in [0.05, 0.1) is 21.3 Å². The summed E-state index contributed by atoms with van der Waals surface area (Å²) >= 11 is 0. The summed E-state index contributed by atoms with van der Waals surface area (Å²) in [7, 11) is 4.91. The molecule has 0 aliphatic heterocycles. The predicted octanol–water partition coefficient (Wildman–Crippen LogP) is 2.94. The monoisotopic (exact) mass is 273 g/mol. The summed E-state index contributed by atoms with van der Waals surface area (Å²) in [5.74, 6) is 2.04. The summed E-state index contributed by atoms with van der Waals surface area (Å²) in [6.07, 6.45) is 3.20. The molecule has 20 heavy (non-hydrogen) atoms. The second kappa shape index (κ2) is 4.78. The summed E-state index contributed by atoms with van der Waals surface area (Å²) < 4.78 is 16.5. The third-order valence-electron chi connectivity index (χ3n) is 4.04. The molecule has 0 fully saturated rings. The van der Waals surface area contributed by atoms with Gasteiger partial charge >= 0.3 is 0 Å². The van der Waals surface area contributed by atoms with Crippen molar-refractivity contribution in [3.05, 3.63) is 23.3 Å². The number of rotatable bonds is 3. The highest BCUT2D eigenvalue weighted by Gasteiger charge is 2.24. The fourth-order valence-corrected chi connectivity index (χ4v) is 3.19. The zero-order valence-corrected chi connectivity index (χ0v) is 12.1. The molecule has 2 aromatic rings. The third-order valence-corrected chi connectivity index (χ3v) is 4.04. The van der Waals surface area contributed by atoms with Crippen LogP contribution in [0.2, 0.25) is 0 Å². The van der Waals surface area contributed by atoms with Gasteiger partial charge in [0.15, 0.2) is 11.5 Å². The maximum atomic E-state index is 6.18. The van der Waals surface area contributed by atoms with E-state index >= 15 is 0 Å². The van der Waals surface area contributed by atoms with E-state index in [2.05, 4.69) is 0 Å². The molecule has 0 atom stereocenters. The Bertz CT molecular complexity index is 679. The van der Waals surface area contributed by atoms with Crippen molar-refractivity contribution < 1.29 is 14.2 Å². The van der Waals surface area contributed by atoms with Crippen LogP contribution in [0.1, 0.15) is 17.5 Å². The molecular formula is C16H19NO3. The molecule has 0 bridgehead atoms. The van der Waals surface area contributed by atoms with E-state index in [1.54, 1.807) is 21.3 Å². The molecule has 2 N–H and O–H groups in total. The maximum absolute atomic E-state index is 6.18. The third kappa shape index (κ3) is 1.68. The summed E-state index contributed by atoms with van der Waals surface area (Å²) in [4.78, 5) is 0. The topological polar surface area (TPSA) is 53.7 Å². The smallest absolute Gasteiger partial charge is 0.203 e. The molecule has 4 nitrogen and oxygen atoms in total. The first kappa shape index (κ1) is 12.9. The van der Waals surface area contributed by atoms with Crippen molar-refractivity contribution in [3.8, 4) is 17.2 Å². The van der Waals surface area contributed by atoms with E-state index in [4.69, 9.17) is 19.9 Å². The number of ether oxygens (including phenoxy) is 3. The lowest BCUT2D eigenvalue weighted by Crippen LogP contribution is -2.00. The fourth-order valence-electron chi connectivity index (χ4n) is 3.19. The van der Waals surface area contributed by atoms with E-state index in [1.807, 2.05) is 12.1 Å². The van der Waals surface area contributed by atoms with E-state index in [0.717, 1.165) is 41.5 Å². The van der Waals surface area contributed by atoms with Gasteiger partial charge in [-0.3, -0.25) is 0 Å². The zero-order valence-electron chi connectivity index (χ0n) is 12.1. The molecule has 106 valence electrons. The summed E-state index contributed by atoms with van der Waals surface area (Å²) in [6.45, 7) is 0. The molecule has 0 unspecified atom stereocenters. The molecule has 0 radical (unpaired) electrons. The van der Waals surface area contributed by atoms with E-state index in [-0.39, 0.29) is 0 Å². The number of nitrogen functional groups attached to an aromatic ring is 1. The van der Waals surface area contributed by atoms with Crippen LogP contribution in [0.25, 0.3) is 10.8 Å². The lowest BCUT2D eigenvalue weighted by molar-refractivity contribution is 0.327.